The van der Waals surface area contributed by atoms with E-state index in [9.17, 15) is 0 Å². The quantitative estimate of drug-likeness (QED) is 0.481. The smallest absolute Gasteiger partial charge is 0.159 e. The molecule has 0 aliphatic carbocycles. The van der Waals surface area contributed by atoms with E-state index in [0.29, 0.717) is 23.9 Å². The topological polar surface area (TPSA) is 85.1 Å². The van der Waals surface area contributed by atoms with Crippen molar-refractivity contribution in [1.29, 1.82) is 0 Å². The Morgan fingerprint density at radius 1 is 1.00 bits per heavy atom. The zero-order chi connectivity index (χ0) is 17.6. The van der Waals surface area contributed by atoms with Gasteiger partial charge < -0.3 is 21.1 Å². The van der Waals surface area contributed by atoms with Gasteiger partial charge in [0.05, 0.1) is 12.3 Å². The average molecular weight is 447 g/mol. The van der Waals surface area contributed by atoms with Crippen LogP contribution in [0.1, 0.15) is 6.92 Å². The number of nitrogens with one attached hydrogen (secondary N) is 2. The molecule has 2 aromatic carbocycles. The maximum atomic E-state index is 6.24. The number of rotatable bonds is 6. The van der Waals surface area contributed by atoms with Gasteiger partial charge in [-0.1, -0.05) is 12.1 Å². The van der Waals surface area contributed by atoms with E-state index < -0.39 is 0 Å². The summed E-state index contributed by atoms with van der Waals surface area (Å²) in [5.41, 5.74) is 8.39. The van der Waals surface area contributed by atoms with Crippen LogP contribution in [0.25, 0.3) is 0 Å². The Hall–Kier alpha value is -2.55. The molecule has 6 nitrogen and oxygen atoms in total. The largest absolute Gasteiger partial charge is 0.492 e. The van der Waals surface area contributed by atoms with Crippen molar-refractivity contribution in [3.8, 4) is 5.75 Å². The summed E-state index contributed by atoms with van der Waals surface area (Å²) < 4.78 is 6.78. The minimum Gasteiger partial charge on any atom is -0.492 e. The van der Waals surface area contributed by atoms with Gasteiger partial charge >= 0.3 is 0 Å². The zero-order valence-electron chi connectivity index (χ0n) is 13.7. The first-order valence-corrected chi connectivity index (χ1v) is 8.87. The summed E-state index contributed by atoms with van der Waals surface area (Å²) in [4.78, 5) is 8.48. The molecule has 0 aliphatic rings. The molecule has 0 fully saturated rings. The fourth-order valence-electron chi connectivity index (χ4n) is 2.24. The van der Waals surface area contributed by atoms with Crippen molar-refractivity contribution in [2.45, 2.75) is 6.92 Å². The first kappa shape index (κ1) is 17.3. The van der Waals surface area contributed by atoms with Gasteiger partial charge in [0, 0.05) is 9.26 Å². The minimum absolute atomic E-state index is 0.437. The third-order valence-electron chi connectivity index (χ3n) is 3.43. The number of aromatic nitrogens is 2. The van der Waals surface area contributed by atoms with E-state index in [-0.39, 0.29) is 0 Å². The standard InChI is InChI=1S/C18H18IN5O/c1-2-25-15-6-4-3-5-14(15)24-18-16(20)17(21-11-22-18)23-13-9-7-12(19)8-10-13/h3-11H,2,20H2,1H3,(H2,21,22,23,24). The molecule has 1 heterocycles. The summed E-state index contributed by atoms with van der Waals surface area (Å²) in [7, 11) is 0. The normalized spacial score (nSPS) is 10.3. The van der Waals surface area contributed by atoms with Crippen molar-refractivity contribution in [2.75, 3.05) is 23.0 Å². The average Bonchev–Trinajstić information content (AvgIpc) is 2.62. The lowest BCUT2D eigenvalue weighted by Crippen LogP contribution is -2.06. The number of nitrogen functional groups attached to an aromatic ring is 1. The molecule has 0 saturated carbocycles. The van der Waals surface area contributed by atoms with Gasteiger partial charge in [-0.15, -0.1) is 0 Å². The highest BCUT2D eigenvalue weighted by atomic mass is 127. The number of para-hydroxylation sites is 2. The van der Waals surface area contributed by atoms with Crippen molar-refractivity contribution in [3.63, 3.8) is 0 Å². The fourth-order valence-corrected chi connectivity index (χ4v) is 2.60. The highest BCUT2D eigenvalue weighted by molar-refractivity contribution is 14.1. The molecule has 0 saturated heterocycles. The Morgan fingerprint density at radius 3 is 2.40 bits per heavy atom. The molecule has 3 aromatic rings. The van der Waals surface area contributed by atoms with Crippen LogP contribution in [0.4, 0.5) is 28.7 Å². The maximum absolute atomic E-state index is 6.24. The fraction of sp³-hybridized carbons (Fsp3) is 0.111. The molecule has 3 rings (SSSR count). The monoisotopic (exact) mass is 447 g/mol. The Balaban J connectivity index is 1.85. The molecule has 0 aliphatic heterocycles. The molecule has 0 radical (unpaired) electrons. The van der Waals surface area contributed by atoms with Gasteiger partial charge in [0.2, 0.25) is 0 Å². The van der Waals surface area contributed by atoms with Crippen LogP contribution in [-0.4, -0.2) is 16.6 Å². The molecule has 0 unspecified atom stereocenters. The molecule has 0 atom stereocenters. The summed E-state index contributed by atoms with van der Waals surface area (Å²) in [6, 6.07) is 15.6. The molecular formula is C18H18IN5O. The van der Waals surface area contributed by atoms with E-state index in [2.05, 4.69) is 43.2 Å². The van der Waals surface area contributed by atoms with E-state index >= 15 is 0 Å². The summed E-state index contributed by atoms with van der Waals surface area (Å²) in [5, 5.41) is 6.43. The summed E-state index contributed by atoms with van der Waals surface area (Å²) in [5.74, 6) is 1.82. The van der Waals surface area contributed by atoms with E-state index in [0.717, 1.165) is 20.7 Å². The summed E-state index contributed by atoms with van der Waals surface area (Å²) in [6.45, 7) is 2.52. The molecule has 0 spiro atoms. The number of ether oxygens (including phenoxy) is 1. The van der Waals surface area contributed by atoms with Gasteiger partial charge in [-0.05, 0) is 65.9 Å². The summed E-state index contributed by atoms with van der Waals surface area (Å²) >= 11 is 2.26. The molecular weight excluding hydrogens is 429 g/mol. The van der Waals surface area contributed by atoms with Crippen LogP contribution >= 0.6 is 22.6 Å². The minimum atomic E-state index is 0.437. The Labute approximate surface area is 160 Å². The predicted octanol–water partition coefficient (Wildman–Crippen LogP) is 4.55. The second-order valence-corrected chi connectivity index (χ2v) is 6.42. The Bertz CT molecular complexity index is 854. The first-order chi connectivity index (χ1) is 12.2. The number of benzene rings is 2. The molecule has 7 heteroatoms. The lowest BCUT2D eigenvalue weighted by Gasteiger charge is -2.15. The van der Waals surface area contributed by atoms with E-state index in [4.69, 9.17) is 10.5 Å². The molecule has 128 valence electrons. The van der Waals surface area contributed by atoms with Gasteiger partial charge in [0.1, 0.15) is 17.8 Å². The number of hydrogen-bond donors (Lipinski definition) is 3. The molecule has 4 N–H and O–H groups in total. The lowest BCUT2D eigenvalue weighted by atomic mass is 10.3. The summed E-state index contributed by atoms with van der Waals surface area (Å²) in [6.07, 6.45) is 1.47. The van der Waals surface area contributed by atoms with Gasteiger partial charge in [-0.25, -0.2) is 9.97 Å². The van der Waals surface area contributed by atoms with Crippen LogP contribution in [0.3, 0.4) is 0 Å². The van der Waals surface area contributed by atoms with Crippen molar-refractivity contribution in [1.82, 2.24) is 9.97 Å². The molecule has 25 heavy (non-hydrogen) atoms. The highest BCUT2D eigenvalue weighted by Crippen LogP contribution is 2.32. The zero-order valence-corrected chi connectivity index (χ0v) is 15.8. The predicted molar refractivity (Wildman–Crippen MR) is 110 cm³/mol. The van der Waals surface area contributed by atoms with Crippen LogP contribution in [-0.2, 0) is 0 Å². The second-order valence-electron chi connectivity index (χ2n) is 5.17. The maximum Gasteiger partial charge on any atom is 0.159 e. The van der Waals surface area contributed by atoms with E-state index in [1.165, 1.54) is 6.33 Å². The number of hydrogen-bond acceptors (Lipinski definition) is 6. The van der Waals surface area contributed by atoms with Crippen molar-refractivity contribution in [3.05, 3.63) is 58.4 Å². The van der Waals surface area contributed by atoms with Gasteiger partial charge in [0.25, 0.3) is 0 Å². The molecule has 1 aromatic heterocycles. The highest BCUT2D eigenvalue weighted by Gasteiger charge is 2.11. The number of nitrogens with zero attached hydrogens (tertiary/aromatic N) is 2. The Kier molecular flexibility index (Phi) is 5.54. The van der Waals surface area contributed by atoms with E-state index in [1.807, 2.05) is 55.5 Å². The number of anilines is 5. The van der Waals surface area contributed by atoms with Crippen LogP contribution < -0.4 is 21.1 Å². The third-order valence-corrected chi connectivity index (χ3v) is 4.15. The lowest BCUT2D eigenvalue weighted by molar-refractivity contribution is 0.342. The van der Waals surface area contributed by atoms with Crippen LogP contribution in [0, 0.1) is 3.57 Å². The van der Waals surface area contributed by atoms with Crippen molar-refractivity contribution >= 4 is 51.3 Å². The molecule has 0 bridgehead atoms. The third kappa shape index (κ3) is 4.30. The van der Waals surface area contributed by atoms with E-state index in [1.54, 1.807) is 0 Å². The van der Waals surface area contributed by atoms with Crippen LogP contribution in [0.15, 0.2) is 54.9 Å². The first-order valence-electron chi connectivity index (χ1n) is 7.79. The van der Waals surface area contributed by atoms with Crippen molar-refractivity contribution < 1.29 is 4.74 Å². The SMILES string of the molecule is CCOc1ccccc1Nc1ncnc(Nc2ccc(I)cc2)c1N. The van der Waals surface area contributed by atoms with Crippen LogP contribution in [0.5, 0.6) is 5.75 Å². The van der Waals surface area contributed by atoms with Crippen molar-refractivity contribution in [2.24, 2.45) is 0 Å². The Morgan fingerprint density at radius 2 is 1.68 bits per heavy atom. The van der Waals surface area contributed by atoms with Gasteiger partial charge in [-0.3, -0.25) is 0 Å². The van der Waals surface area contributed by atoms with Gasteiger partial charge in [-0.2, -0.15) is 0 Å². The number of nitrogens with two attached hydrogens (primary N) is 1. The van der Waals surface area contributed by atoms with Gasteiger partial charge in [0.15, 0.2) is 11.6 Å². The second kappa shape index (κ2) is 8.02. The molecule has 0 amide bonds. The number of halogens is 1. The van der Waals surface area contributed by atoms with Crippen LogP contribution in [0.2, 0.25) is 0 Å².